The smallest absolute Gasteiger partial charge is 0.254 e. The lowest BCUT2D eigenvalue weighted by atomic mass is 10.2. The Bertz CT molecular complexity index is 782. The van der Waals surface area contributed by atoms with Crippen molar-refractivity contribution in [2.75, 3.05) is 58.9 Å². The number of sulfonamides is 1. The molecule has 8 nitrogen and oxygen atoms in total. The first-order valence-electron chi connectivity index (χ1n) is 9.27. The summed E-state index contributed by atoms with van der Waals surface area (Å²) in [4.78, 5) is 29.2. The zero-order valence-corrected chi connectivity index (χ0v) is 16.4. The molecule has 27 heavy (non-hydrogen) atoms. The Morgan fingerprint density at radius 3 is 2.30 bits per heavy atom. The highest BCUT2D eigenvalue weighted by atomic mass is 32.2. The minimum atomic E-state index is -3.61. The molecule has 0 aromatic heterocycles. The third-order valence-corrected chi connectivity index (χ3v) is 7.14. The van der Waals surface area contributed by atoms with Gasteiger partial charge in [-0.15, -0.1) is 0 Å². The van der Waals surface area contributed by atoms with E-state index in [0.29, 0.717) is 44.8 Å². The molecule has 0 atom stereocenters. The van der Waals surface area contributed by atoms with Gasteiger partial charge in [0.05, 0.1) is 4.90 Å². The van der Waals surface area contributed by atoms with Gasteiger partial charge in [0.15, 0.2) is 0 Å². The number of carbonyl (C=O) groups excluding carboxylic acids is 2. The lowest BCUT2D eigenvalue weighted by molar-refractivity contribution is -0.119. The van der Waals surface area contributed by atoms with E-state index in [1.807, 2.05) is 0 Å². The van der Waals surface area contributed by atoms with Crippen LogP contribution in [0.25, 0.3) is 0 Å². The van der Waals surface area contributed by atoms with E-state index in [-0.39, 0.29) is 10.8 Å². The molecule has 2 fully saturated rings. The van der Waals surface area contributed by atoms with Crippen molar-refractivity contribution in [1.29, 1.82) is 0 Å². The molecule has 2 heterocycles. The summed E-state index contributed by atoms with van der Waals surface area (Å²) in [6, 6.07) is 6.27. The normalized spacial score (nSPS) is 19.9. The molecule has 2 aliphatic heterocycles. The van der Waals surface area contributed by atoms with Crippen molar-refractivity contribution in [3.05, 3.63) is 29.8 Å². The third kappa shape index (κ3) is 4.31. The van der Waals surface area contributed by atoms with Crippen LogP contribution in [-0.4, -0.2) is 98.6 Å². The van der Waals surface area contributed by atoms with E-state index in [0.717, 1.165) is 26.0 Å². The molecule has 1 aromatic rings. The molecule has 0 aliphatic carbocycles. The van der Waals surface area contributed by atoms with Gasteiger partial charge in [-0.25, -0.2) is 8.42 Å². The van der Waals surface area contributed by atoms with E-state index >= 15 is 0 Å². The molecule has 1 aromatic carbocycles. The van der Waals surface area contributed by atoms with Crippen LogP contribution in [0.5, 0.6) is 0 Å². The lowest BCUT2D eigenvalue weighted by Gasteiger charge is -2.33. The number of carbonyl (C=O) groups is 2. The maximum atomic E-state index is 13.0. The predicted molar refractivity (Wildman–Crippen MR) is 101 cm³/mol. The Hall–Kier alpha value is -1.97. The highest BCUT2D eigenvalue weighted by molar-refractivity contribution is 7.89. The second kappa shape index (κ2) is 8.37. The fraction of sp³-hybridized carbons (Fsp3) is 0.556. The summed E-state index contributed by atoms with van der Waals surface area (Å²) in [5.74, 6) is -0.201. The van der Waals surface area contributed by atoms with Crippen LogP contribution in [0.4, 0.5) is 0 Å². The van der Waals surface area contributed by atoms with Crippen molar-refractivity contribution in [3.63, 3.8) is 0 Å². The number of nitrogens with zero attached hydrogens (tertiary/aromatic N) is 4. The van der Waals surface area contributed by atoms with Crippen molar-refractivity contribution in [2.45, 2.75) is 11.8 Å². The Morgan fingerprint density at radius 2 is 1.70 bits per heavy atom. The summed E-state index contributed by atoms with van der Waals surface area (Å²) in [6.07, 6.45) is 0.785. The number of hydrogen-bond acceptors (Lipinski definition) is 5. The van der Waals surface area contributed by atoms with Gasteiger partial charge in [-0.05, 0) is 24.7 Å². The minimum absolute atomic E-state index is 0.157. The topological polar surface area (TPSA) is 81.2 Å². The van der Waals surface area contributed by atoms with E-state index in [9.17, 15) is 18.0 Å². The van der Waals surface area contributed by atoms with E-state index in [2.05, 4.69) is 11.8 Å². The number of hydrogen-bond donors (Lipinski definition) is 0. The van der Waals surface area contributed by atoms with Crippen LogP contribution in [0.3, 0.4) is 0 Å². The van der Waals surface area contributed by atoms with Crippen molar-refractivity contribution in [2.24, 2.45) is 0 Å². The summed E-state index contributed by atoms with van der Waals surface area (Å²) in [5.41, 5.74) is 0.364. The van der Waals surface area contributed by atoms with Gasteiger partial charge in [0, 0.05) is 57.9 Å². The molecule has 0 radical (unpaired) electrons. The van der Waals surface area contributed by atoms with Crippen molar-refractivity contribution >= 4 is 22.3 Å². The van der Waals surface area contributed by atoms with Crippen LogP contribution in [0.2, 0.25) is 0 Å². The number of piperazine rings is 2. The molecule has 3 rings (SSSR count). The molecule has 2 amide bonds. The fourth-order valence-corrected chi connectivity index (χ4v) is 4.91. The van der Waals surface area contributed by atoms with Crippen LogP contribution < -0.4 is 0 Å². The second-order valence-corrected chi connectivity index (χ2v) is 8.74. The molecular formula is C18H26N4O4S. The molecule has 0 N–H and O–H groups in total. The number of amides is 2. The van der Waals surface area contributed by atoms with Crippen molar-refractivity contribution < 1.29 is 18.0 Å². The summed E-state index contributed by atoms with van der Waals surface area (Å²) in [6.45, 7) is 7.23. The van der Waals surface area contributed by atoms with E-state index in [1.165, 1.54) is 10.4 Å². The summed E-state index contributed by atoms with van der Waals surface area (Å²) < 4.78 is 27.4. The fourth-order valence-electron chi connectivity index (χ4n) is 3.44. The zero-order chi connectivity index (χ0) is 19.4. The average Bonchev–Trinajstić information content (AvgIpc) is 2.73. The van der Waals surface area contributed by atoms with Gasteiger partial charge in [-0.2, -0.15) is 4.31 Å². The number of rotatable bonds is 5. The highest BCUT2D eigenvalue weighted by Crippen LogP contribution is 2.20. The van der Waals surface area contributed by atoms with Gasteiger partial charge in [-0.1, -0.05) is 13.0 Å². The molecule has 2 saturated heterocycles. The molecule has 0 unspecified atom stereocenters. The van der Waals surface area contributed by atoms with Crippen LogP contribution in [0, 0.1) is 0 Å². The highest BCUT2D eigenvalue weighted by Gasteiger charge is 2.29. The number of likely N-dealkylation sites (N-methyl/N-ethyl adjacent to an activating group) is 1. The zero-order valence-electron chi connectivity index (χ0n) is 15.6. The Kier molecular flexibility index (Phi) is 6.13. The average molecular weight is 394 g/mol. The Morgan fingerprint density at radius 1 is 1.04 bits per heavy atom. The molecule has 0 saturated carbocycles. The maximum Gasteiger partial charge on any atom is 0.254 e. The summed E-state index contributed by atoms with van der Waals surface area (Å²) >= 11 is 0. The van der Waals surface area contributed by atoms with E-state index in [4.69, 9.17) is 0 Å². The van der Waals surface area contributed by atoms with Gasteiger partial charge in [0.25, 0.3) is 5.91 Å². The van der Waals surface area contributed by atoms with Crippen LogP contribution in [0.1, 0.15) is 17.3 Å². The van der Waals surface area contributed by atoms with Gasteiger partial charge in [0.2, 0.25) is 16.4 Å². The first-order chi connectivity index (χ1) is 13.0. The molecule has 2 aliphatic rings. The Labute approximate surface area is 160 Å². The molecule has 0 bridgehead atoms. The van der Waals surface area contributed by atoms with Crippen molar-refractivity contribution in [1.82, 2.24) is 19.0 Å². The van der Waals surface area contributed by atoms with Crippen molar-refractivity contribution in [3.8, 4) is 0 Å². The van der Waals surface area contributed by atoms with Gasteiger partial charge >= 0.3 is 0 Å². The third-order valence-electron chi connectivity index (χ3n) is 5.25. The second-order valence-electron chi connectivity index (χ2n) is 6.80. The minimum Gasteiger partial charge on any atom is -0.342 e. The van der Waals surface area contributed by atoms with Gasteiger partial charge in [-0.3, -0.25) is 9.59 Å². The standard InChI is InChI=1S/C18H26N4O4S/c1-2-19-8-12-22(13-9-19)27(25,26)17-5-3-4-16(14-17)18(24)21-10-6-20(15-23)7-11-21/h3-5,14-15H,2,6-13H2,1H3. The number of benzene rings is 1. The SMILES string of the molecule is CCN1CCN(S(=O)(=O)c2cccc(C(=O)N3CCN(C=O)CC3)c2)CC1. The summed E-state index contributed by atoms with van der Waals surface area (Å²) in [5, 5.41) is 0. The van der Waals surface area contributed by atoms with Crippen LogP contribution in [0.15, 0.2) is 29.2 Å². The van der Waals surface area contributed by atoms with E-state index in [1.54, 1.807) is 28.0 Å². The van der Waals surface area contributed by atoms with Gasteiger partial charge < -0.3 is 14.7 Å². The predicted octanol–water partition coefficient (Wildman–Crippen LogP) is -0.0730. The first kappa shape index (κ1) is 19.8. The largest absolute Gasteiger partial charge is 0.342 e. The van der Waals surface area contributed by atoms with Crippen LogP contribution >= 0.6 is 0 Å². The molecule has 0 spiro atoms. The maximum absolute atomic E-state index is 13.0. The van der Waals surface area contributed by atoms with Crippen LogP contribution in [-0.2, 0) is 14.8 Å². The molecular weight excluding hydrogens is 368 g/mol. The quantitative estimate of drug-likeness (QED) is 0.653. The molecule has 9 heteroatoms. The first-order valence-corrected chi connectivity index (χ1v) is 10.7. The molecule has 148 valence electrons. The lowest BCUT2D eigenvalue weighted by Crippen LogP contribution is -2.48. The van der Waals surface area contributed by atoms with Gasteiger partial charge in [0.1, 0.15) is 0 Å². The summed E-state index contributed by atoms with van der Waals surface area (Å²) in [7, 11) is -3.61. The monoisotopic (exact) mass is 394 g/mol. The van der Waals surface area contributed by atoms with E-state index < -0.39 is 10.0 Å². The Balaban J connectivity index is 1.73.